The van der Waals surface area contributed by atoms with Gasteiger partial charge in [-0.15, -0.1) is 0 Å². The van der Waals surface area contributed by atoms with Crippen LogP contribution in [0.25, 0.3) is 10.8 Å². The Balaban J connectivity index is 2.10. The Labute approximate surface area is 164 Å². The molecule has 0 aromatic heterocycles. The fourth-order valence-electron chi connectivity index (χ4n) is 2.92. The number of fused-ring (bicyclic) bond motifs is 1. The highest BCUT2D eigenvalue weighted by atomic mass is 35.5. The van der Waals surface area contributed by atoms with E-state index in [4.69, 9.17) is 27.9 Å². The molecule has 0 aliphatic rings. The molecule has 0 saturated heterocycles. The second-order valence-corrected chi connectivity index (χ2v) is 6.68. The highest BCUT2D eigenvalue weighted by molar-refractivity contribution is 6.35. The van der Waals surface area contributed by atoms with Crippen LogP contribution in [0, 0.1) is 0 Å². The third-order valence-electron chi connectivity index (χ3n) is 4.12. The van der Waals surface area contributed by atoms with E-state index in [0.29, 0.717) is 16.0 Å². The van der Waals surface area contributed by atoms with Crippen LogP contribution in [0.1, 0.15) is 11.5 Å². The molecule has 27 heavy (non-hydrogen) atoms. The molecule has 7 heteroatoms. The summed E-state index contributed by atoms with van der Waals surface area (Å²) in [4.78, 5) is 23.9. The summed E-state index contributed by atoms with van der Waals surface area (Å²) in [6.07, 6.45) is -1.69. The van der Waals surface area contributed by atoms with Crippen molar-refractivity contribution in [3.63, 3.8) is 0 Å². The highest BCUT2D eigenvalue weighted by Gasteiger charge is 2.38. The largest absolute Gasteiger partial charge is 0.481 e. The van der Waals surface area contributed by atoms with Gasteiger partial charge in [-0.1, -0.05) is 65.7 Å². The van der Waals surface area contributed by atoms with Crippen molar-refractivity contribution in [1.29, 1.82) is 0 Å². The van der Waals surface area contributed by atoms with E-state index in [1.54, 1.807) is 24.3 Å². The third kappa shape index (κ3) is 3.99. The SMILES string of the molecule is O=C(O)C(Oc1ccc(Cl)cc1Cl)C(C(=O)O)c1cccc2ccccc12. The first-order chi connectivity index (χ1) is 12.9. The maximum atomic E-state index is 12.0. The zero-order valence-corrected chi connectivity index (χ0v) is 15.3. The van der Waals surface area contributed by atoms with Crippen LogP contribution in [0.15, 0.2) is 60.7 Å². The molecule has 2 unspecified atom stereocenters. The number of halogens is 2. The quantitative estimate of drug-likeness (QED) is 0.613. The Morgan fingerprint density at radius 2 is 1.59 bits per heavy atom. The maximum absolute atomic E-state index is 12.0. The molecule has 0 amide bonds. The molecule has 3 aromatic carbocycles. The summed E-state index contributed by atoms with van der Waals surface area (Å²) in [5.41, 5.74) is 0.345. The zero-order chi connectivity index (χ0) is 19.6. The molecule has 3 rings (SSSR count). The van der Waals surface area contributed by atoms with E-state index < -0.39 is 24.0 Å². The van der Waals surface area contributed by atoms with Gasteiger partial charge in [0.1, 0.15) is 11.7 Å². The summed E-state index contributed by atoms with van der Waals surface area (Å²) in [5.74, 6) is -4.13. The van der Waals surface area contributed by atoms with E-state index in [9.17, 15) is 19.8 Å². The van der Waals surface area contributed by atoms with Gasteiger partial charge in [-0.3, -0.25) is 4.79 Å². The fraction of sp³-hybridized carbons (Fsp3) is 0.100. The number of carboxylic acid groups (broad SMARTS) is 2. The van der Waals surface area contributed by atoms with Crippen LogP contribution in [0.4, 0.5) is 0 Å². The molecule has 0 fully saturated rings. The molecule has 2 N–H and O–H groups in total. The van der Waals surface area contributed by atoms with Gasteiger partial charge in [0.15, 0.2) is 0 Å². The van der Waals surface area contributed by atoms with E-state index in [-0.39, 0.29) is 10.8 Å². The number of hydrogen-bond acceptors (Lipinski definition) is 3. The van der Waals surface area contributed by atoms with Gasteiger partial charge < -0.3 is 14.9 Å². The molecule has 0 bridgehead atoms. The average Bonchev–Trinajstić information content (AvgIpc) is 2.62. The van der Waals surface area contributed by atoms with E-state index in [1.165, 1.54) is 18.2 Å². The number of carbonyl (C=O) groups is 2. The lowest BCUT2D eigenvalue weighted by atomic mass is 9.89. The number of benzene rings is 3. The first-order valence-corrected chi connectivity index (χ1v) is 8.69. The lowest BCUT2D eigenvalue weighted by Gasteiger charge is -2.23. The molecule has 0 aliphatic heterocycles. The molecule has 0 radical (unpaired) electrons. The zero-order valence-electron chi connectivity index (χ0n) is 13.8. The lowest BCUT2D eigenvalue weighted by molar-refractivity contribution is -0.153. The van der Waals surface area contributed by atoms with Crippen molar-refractivity contribution in [3.8, 4) is 5.75 Å². The molecule has 0 aliphatic carbocycles. The molecule has 0 heterocycles. The van der Waals surface area contributed by atoms with Crippen molar-refractivity contribution in [2.75, 3.05) is 0 Å². The Hall–Kier alpha value is -2.76. The van der Waals surface area contributed by atoms with Gasteiger partial charge in [0.25, 0.3) is 0 Å². The average molecular weight is 405 g/mol. The lowest BCUT2D eigenvalue weighted by Crippen LogP contribution is -2.38. The molecule has 5 nitrogen and oxygen atoms in total. The number of hydrogen-bond donors (Lipinski definition) is 2. The molecular formula is C20H14Cl2O5. The van der Waals surface area contributed by atoms with Crippen LogP contribution < -0.4 is 4.74 Å². The first-order valence-electron chi connectivity index (χ1n) is 7.93. The van der Waals surface area contributed by atoms with Crippen molar-refractivity contribution in [2.24, 2.45) is 0 Å². The Kier molecular flexibility index (Phi) is 5.54. The van der Waals surface area contributed by atoms with Crippen molar-refractivity contribution in [1.82, 2.24) is 0 Å². The third-order valence-corrected chi connectivity index (χ3v) is 4.65. The standard InChI is InChI=1S/C20H14Cl2O5/c21-12-8-9-16(15(22)10-12)27-18(20(25)26)17(19(23)24)14-7-3-5-11-4-1-2-6-13(11)14/h1-10,17-18H,(H,23,24)(H,25,26). The van der Waals surface area contributed by atoms with Gasteiger partial charge in [-0.2, -0.15) is 0 Å². The summed E-state index contributed by atoms with van der Waals surface area (Å²) >= 11 is 11.9. The normalized spacial score (nSPS) is 13.1. The van der Waals surface area contributed by atoms with Gasteiger partial charge in [0.2, 0.25) is 6.10 Å². The van der Waals surface area contributed by atoms with Crippen LogP contribution in [0.5, 0.6) is 5.75 Å². The van der Waals surface area contributed by atoms with Crippen molar-refractivity contribution < 1.29 is 24.5 Å². The second kappa shape index (κ2) is 7.86. The van der Waals surface area contributed by atoms with Gasteiger partial charge >= 0.3 is 11.9 Å². The minimum Gasteiger partial charge on any atom is -0.481 e. The number of carboxylic acids is 2. The minimum atomic E-state index is -1.69. The monoisotopic (exact) mass is 404 g/mol. The number of aliphatic carboxylic acids is 2. The van der Waals surface area contributed by atoms with Crippen LogP contribution in [-0.4, -0.2) is 28.3 Å². The van der Waals surface area contributed by atoms with Gasteiger partial charge in [0.05, 0.1) is 5.02 Å². The second-order valence-electron chi connectivity index (χ2n) is 5.84. The van der Waals surface area contributed by atoms with Crippen molar-refractivity contribution >= 4 is 45.9 Å². The molecular weight excluding hydrogens is 391 g/mol. The van der Waals surface area contributed by atoms with Crippen molar-refractivity contribution in [2.45, 2.75) is 12.0 Å². The van der Waals surface area contributed by atoms with Crippen LogP contribution >= 0.6 is 23.2 Å². The highest BCUT2D eigenvalue weighted by Crippen LogP contribution is 2.34. The fourth-order valence-corrected chi connectivity index (χ4v) is 3.37. The first kappa shape index (κ1) is 19.0. The van der Waals surface area contributed by atoms with Crippen LogP contribution in [0.2, 0.25) is 10.0 Å². The summed E-state index contributed by atoms with van der Waals surface area (Å²) in [6.45, 7) is 0. The van der Waals surface area contributed by atoms with E-state index in [2.05, 4.69) is 0 Å². The molecule has 2 atom stereocenters. The van der Waals surface area contributed by atoms with E-state index >= 15 is 0 Å². The molecule has 0 spiro atoms. The van der Waals surface area contributed by atoms with E-state index in [0.717, 1.165) is 5.39 Å². The summed E-state index contributed by atoms with van der Waals surface area (Å²) < 4.78 is 5.52. The summed E-state index contributed by atoms with van der Waals surface area (Å²) in [5, 5.41) is 21.4. The predicted molar refractivity (Wildman–Crippen MR) is 103 cm³/mol. The smallest absolute Gasteiger partial charge is 0.346 e. The Morgan fingerprint density at radius 3 is 2.26 bits per heavy atom. The number of rotatable bonds is 6. The number of ether oxygens (including phenoxy) is 1. The Morgan fingerprint density at radius 1 is 0.889 bits per heavy atom. The predicted octanol–water partition coefficient (Wildman–Crippen LogP) is 4.85. The van der Waals surface area contributed by atoms with E-state index in [1.807, 2.05) is 18.2 Å². The van der Waals surface area contributed by atoms with Gasteiger partial charge in [-0.25, -0.2) is 4.79 Å². The Bertz CT molecular complexity index is 1010. The maximum Gasteiger partial charge on any atom is 0.346 e. The molecule has 0 saturated carbocycles. The molecule has 3 aromatic rings. The topological polar surface area (TPSA) is 83.8 Å². The van der Waals surface area contributed by atoms with Gasteiger partial charge in [-0.05, 0) is 34.5 Å². The summed E-state index contributed by atoms with van der Waals surface area (Å²) in [6, 6.07) is 16.5. The van der Waals surface area contributed by atoms with Crippen LogP contribution in [-0.2, 0) is 9.59 Å². The summed E-state index contributed by atoms with van der Waals surface area (Å²) in [7, 11) is 0. The molecule has 138 valence electrons. The minimum absolute atomic E-state index is 0.0416. The van der Waals surface area contributed by atoms with Crippen LogP contribution in [0.3, 0.4) is 0 Å². The van der Waals surface area contributed by atoms with Gasteiger partial charge in [0, 0.05) is 5.02 Å². The van der Waals surface area contributed by atoms with Crippen molar-refractivity contribution in [3.05, 3.63) is 76.3 Å².